The highest BCUT2D eigenvalue weighted by molar-refractivity contribution is 5.31. The van der Waals surface area contributed by atoms with E-state index in [1.54, 1.807) is 6.20 Å². The quantitative estimate of drug-likeness (QED) is 0.894. The molecule has 1 aromatic carbocycles. The maximum atomic E-state index is 10.3. The van der Waals surface area contributed by atoms with Crippen LogP contribution in [0.15, 0.2) is 36.5 Å². The van der Waals surface area contributed by atoms with E-state index >= 15 is 0 Å². The smallest absolute Gasteiger partial charge is 0.100 e. The summed E-state index contributed by atoms with van der Waals surface area (Å²) >= 11 is 0. The first-order valence-electron chi connectivity index (χ1n) is 6.23. The summed E-state index contributed by atoms with van der Waals surface area (Å²) in [6.45, 7) is 6.17. The first-order valence-corrected chi connectivity index (χ1v) is 6.23. The van der Waals surface area contributed by atoms with Crippen LogP contribution in [-0.2, 0) is 6.42 Å². The summed E-state index contributed by atoms with van der Waals surface area (Å²) in [5, 5.41) is 10.3. The molecule has 0 aliphatic heterocycles. The van der Waals surface area contributed by atoms with Crippen LogP contribution >= 0.6 is 0 Å². The maximum Gasteiger partial charge on any atom is 0.100 e. The molecule has 1 heterocycles. The minimum absolute atomic E-state index is 0.534. The molecule has 0 saturated carbocycles. The third kappa shape index (κ3) is 2.77. The van der Waals surface area contributed by atoms with E-state index in [9.17, 15) is 5.11 Å². The fraction of sp³-hybridized carbons (Fsp3) is 0.312. The maximum absolute atomic E-state index is 10.3. The molecular weight excluding hydrogens is 222 g/mol. The van der Waals surface area contributed by atoms with Crippen LogP contribution in [-0.4, -0.2) is 10.1 Å². The number of aromatic nitrogens is 1. The molecule has 2 aromatic rings. The number of pyridine rings is 1. The van der Waals surface area contributed by atoms with Crippen molar-refractivity contribution in [1.82, 2.24) is 4.98 Å². The second-order valence-corrected chi connectivity index (χ2v) is 4.84. The number of benzene rings is 1. The zero-order valence-corrected chi connectivity index (χ0v) is 11.1. The fourth-order valence-corrected chi connectivity index (χ4v) is 2.10. The fourth-order valence-electron chi connectivity index (χ4n) is 2.10. The Morgan fingerprint density at radius 1 is 1.06 bits per heavy atom. The average molecular weight is 241 g/mol. The number of aryl methyl sites for hydroxylation is 3. The molecule has 0 aliphatic rings. The van der Waals surface area contributed by atoms with Gasteiger partial charge in [-0.25, -0.2) is 0 Å². The summed E-state index contributed by atoms with van der Waals surface area (Å²) in [6.07, 6.45) is 1.80. The molecule has 2 nitrogen and oxygen atoms in total. The summed E-state index contributed by atoms with van der Waals surface area (Å²) < 4.78 is 0. The van der Waals surface area contributed by atoms with Crippen molar-refractivity contribution >= 4 is 0 Å². The Kier molecular flexibility index (Phi) is 3.78. The normalized spacial score (nSPS) is 12.4. The van der Waals surface area contributed by atoms with Crippen molar-refractivity contribution in [2.45, 2.75) is 33.3 Å². The Hall–Kier alpha value is -1.67. The number of nitrogens with zero attached hydrogens (tertiary/aromatic N) is 1. The SMILES string of the molecule is Cc1ccc(CC(O)c2ncccc2C)cc1C. The minimum Gasteiger partial charge on any atom is -0.386 e. The molecule has 2 heteroatoms. The molecule has 0 radical (unpaired) electrons. The summed E-state index contributed by atoms with van der Waals surface area (Å²) in [5.41, 5.74) is 5.50. The van der Waals surface area contributed by atoms with Crippen molar-refractivity contribution in [2.75, 3.05) is 0 Å². The van der Waals surface area contributed by atoms with Crippen LogP contribution in [0.1, 0.15) is 34.1 Å². The third-order valence-electron chi connectivity index (χ3n) is 3.37. The predicted octanol–water partition coefficient (Wildman–Crippen LogP) is 3.28. The van der Waals surface area contributed by atoms with Gasteiger partial charge in [0.05, 0.1) is 5.69 Å². The van der Waals surface area contributed by atoms with Crippen LogP contribution in [0.4, 0.5) is 0 Å². The standard InChI is InChI=1S/C16H19NO/c1-11-6-7-14(9-13(11)3)10-15(18)16-12(2)5-4-8-17-16/h4-9,15,18H,10H2,1-3H3. The molecule has 0 amide bonds. The van der Waals surface area contributed by atoms with Crippen LogP contribution in [0.25, 0.3) is 0 Å². The molecule has 1 unspecified atom stereocenters. The van der Waals surface area contributed by atoms with Gasteiger partial charge in [0.2, 0.25) is 0 Å². The Balaban J connectivity index is 2.19. The van der Waals surface area contributed by atoms with Crippen LogP contribution < -0.4 is 0 Å². The lowest BCUT2D eigenvalue weighted by Gasteiger charge is -2.13. The lowest BCUT2D eigenvalue weighted by Crippen LogP contribution is -2.06. The predicted molar refractivity (Wildman–Crippen MR) is 73.6 cm³/mol. The highest BCUT2D eigenvalue weighted by atomic mass is 16.3. The lowest BCUT2D eigenvalue weighted by molar-refractivity contribution is 0.173. The summed E-state index contributed by atoms with van der Waals surface area (Å²) in [5.74, 6) is 0. The van der Waals surface area contributed by atoms with Crippen molar-refractivity contribution in [3.63, 3.8) is 0 Å². The largest absolute Gasteiger partial charge is 0.386 e. The molecule has 2 rings (SSSR count). The zero-order valence-electron chi connectivity index (χ0n) is 11.1. The second-order valence-electron chi connectivity index (χ2n) is 4.84. The third-order valence-corrected chi connectivity index (χ3v) is 3.37. The lowest BCUT2D eigenvalue weighted by atomic mass is 9.99. The van der Waals surface area contributed by atoms with Crippen LogP contribution in [0.3, 0.4) is 0 Å². The van der Waals surface area contributed by atoms with E-state index in [-0.39, 0.29) is 0 Å². The number of rotatable bonds is 3. The number of hydrogen-bond acceptors (Lipinski definition) is 2. The van der Waals surface area contributed by atoms with Gasteiger partial charge in [-0.3, -0.25) is 4.98 Å². The molecule has 0 saturated heterocycles. The molecule has 18 heavy (non-hydrogen) atoms. The minimum atomic E-state index is -0.534. The highest BCUT2D eigenvalue weighted by Crippen LogP contribution is 2.20. The number of aliphatic hydroxyl groups is 1. The van der Waals surface area contributed by atoms with E-state index in [0.717, 1.165) is 16.8 Å². The van der Waals surface area contributed by atoms with E-state index < -0.39 is 6.10 Å². The van der Waals surface area contributed by atoms with Gasteiger partial charge in [-0.05, 0) is 49.1 Å². The van der Waals surface area contributed by atoms with Gasteiger partial charge >= 0.3 is 0 Å². The Labute approximate surface area is 108 Å². The van der Waals surface area contributed by atoms with Gasteiger partial charge in [0, 0.05) is 12.6 Å². The zero-order chi connectivity index (χ0) is 13.1. The molecule has 0 spiro atoms. The topological polar surface area (TPSA) is 33.1 Å². The highest BCUT2D eigenvalue weighted by Gasteiger charge is 2.12. The molecular formula is C16H19NO. The molecule has 0 aliphatic carbocycles. The van der Waals surface area contributed by atoms with Crippen LogP contribution in [0.5, 0.6) is 0 Å². The first kappa shape index (κ1) is 12.8. The Morgan fingerprint density at radius 2 is 1.83 bits per heavy atom. The van der Waals surface area contributed by atoms with E-state index in [0.29, 0.717) is 6.42 Å². The van der Waals surface area contributed by atoms with Gasteiger partial charge in [-0.2, -0.15) is 0 Å². The van der Waals surface area contributed by atoms with Gasteiger partial charge in [0.15, 0.2) is 0 Å². The Bertz CT molecular complexity index is 549. The molecule has 94 valence electrons. The van der Waals surface area contributed by atoms with Gasteiger partial charge < -0.3 is 5.11 Å². The van der Waals surface area contributed by atoms with Gasteiger partial charge in [0.1, 0.15) is 6.10 Å². The molecule has 1 N–H and O–H groups in total. The number of aliphatic hydroxyl groups excluding tert-OH is 1. The van der Waals surface area contributed by atoms with Crippen LogP contribution in [0.2, 0.25) is 0 Å². The van der Waals surface area contributed by atoms with Crippen molar-refractivity contribution < 1.29 is 5.11 Å². The summed E-state index contributed by atoms with van der Waals surface area (Å²) in [7, 11) is 0. The first-order chi connectivity index (χ1) is 8.58. The van der Waals surface area contributed by atoms with Crippen molar-refractivity contribution in [3.8, 4) is 0 Å². The van der Waals surface area contributed by atoms with Gasteiger partial charge in [-0.15, -0.1) is 0 Å². The van der Waals surface area contributed by atoms with Crippen molar-refractivity contribution in [2.24, 2.45) is 0 Å². The van der Waals surface area contributed by atoms with Crippen LogP contribution in [0, 0.1) is 20.8 Å². The Morgan fingerprint density at radius 3 is 2.50 bits per heavy atom. The van der Waals surface area contributed by atoms with E-state index in [4.69, 9.17) is 0 Å². The van der Waals surface area contributed by atoms with Gasteiger partial charge in [0.25, 0.3) is 0 Å². The summed E-state index contributed by atoms with van der Waals surface area (Å²) in [6, 6.07) is 10.2. The average Bonchev–Trinajstić information content (AvgIpc) is 2.34. The molecule has 1 atom stereocenters. The monoisotopic (exact) mass is 241 g/mol. The van der Waals surface area contributed by atoms with Crippen molar-refractivity contribution in [3.05, 3.63) is 64.5 Å². The molecule has 1 aromatic heterocycles. The second kappa shape index (κ2) is 5.32. The van der Waals surface area contributed by atoms with E-state index in [1.165, 1.54) is 11.1 Å². The molecule has 0 fully saturated rings. The summed E-state index contributed by atoms with van der Waals surface area (Å²) in [4.78, 5) is 4.26. The van der Waals surface area contributed by atoms with Gasteiger partial charge in [-0.1, -0.05) is 24.3 Å². The number of hydrogen-bond donors (Lipinski definition) is 1. The molecule has 0 bridgehead atoms. The van der Waals surface area contributed by atoms with E-state index in [1.807, 2.05) is 19.1 Å². The van der Waals surface area contributed by atoms with E-state index in [2.05, 4.69) is 37.0 Å². The van der Waals surface area contributed by atoms with Crippen molar-refractivity contribution in [1.29, 1.82) is 0 Å².